The Morgan fingerprint density at radius 1 is 1.47 bits per heavy atom. The molecule has 0 fully saturated rings. The van der Waals surface area contributed by atoms with Crippen LogP contribution in [0.5, 0.6) is 5.75 Å². The molecular weight excluding hydrogens is 196 g/mol. The van der Waals surface area contributed by atoms with Crippen molar-refractivity contribution in [1.29, 1.82) is 0 Å². The molecule has 0 saturated heterocycles. The monoisotopic (exact) mass is 206 g/mol. The number of hydrogen-bond donors (Lipinski definition) is 0. The molecule has 0 aromatic heterocycles. The smallest absolute Gasteiger partial charge is 0.326 e. The van der Waals surface area contributed by atoms with Crippen molar-refractivity contribution in [1.82, 2.24) is 0 Å². The summed E-state index contributed by atoms with van der Waals surface area (Å²) in [5.74, 6) is -1.39. The maximum absolute atomic E-state index is 11.4. The van der Waals surface area contributed by atoms with Crippen LogP contribution in [0.4, 0.5) is 0 Å². The van der Waals surface area contributed by atoms with Crippen LogP contribution < -0.4 is 4.74 Å². The van der Waals surface area contributed by atoms with Crippen LogP contribution in [0.1, 0.15) is 5.56 Å². The van der Waals surface area contributed by atoms with Gasteiger partial charge in [0.2, 0.25) is 0 Å². The molecule has 4 heteroatoms. The SMILES string of the molecule is COC(=O)C1Cc2ccccc2OC1=O. The summed E-state index contributed by atoms with van der Waals surface area (Å²) in [5, 5.41) is 0. The molecule has 0 radical (unpaired) electrons. The number of para-hydroxylation sites is 1. The van der Waals surface area contributed by atoms with Gasteiger partial charge in [-0.15, -0.1) is 0 Å². The number of benzene rings is 1. The van der Waals surface area contributed by atoms with Crippen LogP contribution in [0.2, 0.25) is 0 Å². The first-order valence-corrected chi connectivity index (χ1v) is 4.60. The van der Waals surface area contributed by atoms with Gasteiger partial charge in [-0.25, -0.2) is 0 Å². The lowest BCUT2D eigenvalue weighted by molar-refractivity contribution is -0.156. The minimum absolute atomic E-state index is 0.349. The van der Waals surface area contributed by atoms with E-state index in [9.17, 15) is 9.59 Å². The van der Waals surface area contributed by atoms with E-state index in [1.165, 1.54) is 7.11 Å². The average molecular weight is 206 g/mol. The molecule has 1 aliphatic heterocycles. The third-order valence-electron chi connectivity index (χ3n) is 2.38. The van der Waals surface area contributed by atoms with Gasteiger partial charge in [0.1, 0.15) is 5.75 Å². The van der Waals surface area contributed by atoms with Crippen LogP contribution in [0.15, 0.2) is 24.3 Å². The molecular formula is C11H10O4. The first-order valence-electron chi connectivity index (χ1n) is 4.60. The van der Waals surface area contributed by atoms with Crippen LogP contribution in [-0.2, 0) is 20.7 Å². The third kappa shape index (κ3) is 1.70. The van der Waals surface area contributed by atoms with Crippen LogP contribution in [0, 0.1) is 5.92 Å². The van der Waals surface area contributed by atoms with Gasteiger partial charge in [0.15, 0.2) is 5.92 Å². The van der Waals surface area contributed by atoms with Gasteiger partial charge in [-0.1, -0.05) is 18.2 Å². The zero-order valence-corrected chi connectivity index (χ0v) is 8.23. The van der Waals surface area contributed by atoms with Crippen LogP contribution in [-0.4, -0.2) is 19.0 Å². The number of fused-ring (bicyclic) bond motifs is 1. The summed E-state index contributed by atoms with van der Waals surface area (Å²) >= 11 is 0. The van der Waals surface area contributed by atoms with E-state index < -0.39 is 17.9 Å². The van der Waals surface area contributed by atoms with E-state index in [1.54, 1.807) is 12.1 Å². The molecule has 78 valence electrons. The van der Waals surface area contributed by atoms with Gasteiger partial charge in [-0.2, -0.15) is 0 Å². The molecule has 1 aromatic rings. The molecule has 1 aromatic carbocycles. The lowest BCUT2D eigenvalue weighted by Gasteiger charge is -2.21. The molecule has 0 saturated carbocycles. The Bertz CT molecular complexity index is 411. The quantitative estimate of drug-likeness (QED) is 0.390. The maximum Gasteiger partial charge on any atom is 0.326 e. The zero-order chi connectivity index (χ0) is 10.8. The Balaban J connectivity index is 2.29. The Morgan fingerprint density at radius 2 is 2.20 bits per heavy atom. The van der Waals surface area contributed by atoms with Gasteiger partial charge >= 0.3 is 11.9 Å². The molecule has 0 bridgehead atoms. The highest BCUT2D eigenvalue weighted by atomic mass is 16.6. The number of carbonyl (C=O) groups excluding carboxylic acids is 2. The van der Waals surface area contributed by atoms with Crippen molar-refractivity contribution >= 4 is 11.9 Å². The normalized spacial score (nSPS) is 19.0. The Morgan fingerprint density at radius 3 is 2.93 bits per heavy atom. The predicted molar refractivity (Wildman–Crippen MR) is 51.3 cm³/mol. The summed E-state index contributed by atoms with van der Waals surface area (Å²) in [7, 11) is 1.26. The second-order valence-corrected chi connectivity index (χ2v) is 3.31. The highest BCUT2D eigenvalue weighted by Crippen LogP contribution is 2.27. The largest absolute Gasteiger partial charge is 0.468 e. The molecule has 0 amide bonds. The van der Waals surface area contributed by atoms with E-state index in [0.29, 0.717) is 12.2 Å². The van der Waals surface area contributed by atoms with Gasteiger partial charge in [0.05, 0.1) is 7.11 Å². The Hall–Kier alpha value is -1.84. The van der Waals surface area contributed by atoms with Crippen LogP contribution in [0.3, 0.4) is 0 Å². The zero-order valence-electron chi connectivity index (χ0n) is 8.23. The van der Waals surface area contributed by atoms with E-state index in [1.807, 2.05) is 12.1 Å². The van der Waals surface area contributed by atoms with Gasteiger partial charge in [0, 0.05) is 6.42 Å². The lowest BCUT2D eigenvalue weighted by Crippen LogP contribution is -2.34. The van der Waals surface area contributed by atoms with Crippen molar-refractivity contribution in [2.75, 3.05) is 7.11 Å². The number of esters is 2. The second kappa shape index (κ2) is 3.73. The molecule has 0 spiro atoms. The molecule has 4 nitrogen and oxygen atoms in total. The molecule has 1 atom stereocenters. The number of carbonyl (C=O) groups is 2. The Labute approximate surface area is 86.8 Å². The predicted octanol–water partition coefficient (Wildman–Crippen LogP) is 0.937. The van der Waals surface area contributed by atoms with E-state index in [-0.39, 0.29) is 0 Å². The molecule has 2 rings (SSSR count). The summed E-state index contributed by atoms with van der Waals surface area (Å²) in [4.78, 5) is 22.7. The Kier molecular flexibility index (Phi) is 2.41. The van der Waals surface area contributed by atoms with Crippen molar-refractivity contribution in [3.05, 3.63) is 29.8 Å². The molecule has 0 aliphatic carbocycles. The number of rotatable bonds is 1. The second-order valence-electron chi connectivity index (χ2n) is 3.31. The van der Waals surface area contributed by atoms with Gasteiger partial charge in [-0.05, 0) is 11.6 Å². The average Bonchev–Trinajstić information content (AvgIpc) is 2.27. The molecule has 0 N–H and O–H groups in total. The first-order chi connectivity index (χ1) is 7.22. The van der Waals surface area contributed by atoms with Crippen molar-refractivity contribution in [3.8, 4) is 5.75 Å². The van der Waals surface area contributed by atoms with Crippen molar-refractivity contribution in [2.24, 2.45) is 5.92 Å². The summed E-state index contributed by atoms with van der Waals surface area (Å²) in [5.41, 5.74) is 0.854. The van der Waals surface area contributed by atoms with Gasteiger partial charge in [-0.3, -0.25) is 9.59 Å². The fraction of sp³-hybridized carbons (Fsp3) is 0.273. The highest BCUT2D eigenvalue weighted by molar-refractivity contribution is 5.97. The lowest BCUT2D eigenvalue weighted by atomic mass is 9.96. The fourth-order valence-corrected chi connectivity index (χ4v) is 1.58. The molecule has 1 heterocycles. The van der Waals surface area contributed by atoms with E-state index in [0.717, 1.165) is 5.56 Å². The topological polar surface area (TPSA) is 52.6 Å². The standard InChI is InChI=1S/C11H10O4/c1-14-10(12)8-6-7-4-2-3-5-9(7)15-11(8)13/h2-5,8H,6H2,1H3. The fourth-order valence-electron chi connectivity index (χ4n) is 1.58. The van der Waals surface area contributed by atoms with Crippen molar-refractivity contribution < 1.29 is 19.1 Å². The van der Waals surface area contributed by atoms with Gasteiger partial charge in [0.25, 0.3) is 0 Å². The number of hydrogen-bond acceptors (Lipinski definition) is 4. The van der Waals surface area contributed by atoms with E-state index in [4.69, 9.17) is 4.74 Å². The summed E-state index contributed by atoms with van der Waals surface area (Å²) < 4.78 is 9.56. The van der Waals surface area contributed by atoms with Crippen LogP contribution >= 0.6 is 0 Å². The van der Waals surface area contributed by atoms with E-state index in [2.05, 4.69) is 4.74 Å². The van der Waals surface area contributed by atoms with Gasteiger partial charge < -0.3 is 9.47 Å². The summed E-state index contributed by atoms with van der Waals surface area (Å²) in [6.45, 7) is 0. The highest BCUT2D eigenvalue weighted by Gasteiger charge is 2.34. The number of methoxy groups -OCH3 is 1. The minimum atomic E-state index is -0.829. The number of ether oxygens (including phenoxy) is 2. The third-order valence-corrected chi connectivity index (χ3v) is 2.38. The molecule has 1 unspecified atom stereocenters. The summed E-state index contributed by atoms with van der Waals surface area (Å²) in [6.07, 6.45) is 0.349. The van der Waals surface area contributed by atoms with Crippen molar-refractivity contribution in [3.63, 3.8) is 0 Å². The van der Waals surface area contributed by atoms with Crippen LogP contribution in [0.25, 0.3) is 0 Å². The molecule has 1 aliphatic rings. The van der Waals surface area contributed by atoms with Crippen molar-refractivity contribution in [2.45, 2.75) is 6.42 Å². The minimum Gasteiger partial charge on any atom is -0.468 e. The first kappa shape index (κ1) is 9.71. The van der Waals surface area contributed by atoms with E-state index >= 15 is 0 Å². The molecule has 15 heavy (non-hydrogen) atoms. The maximum atomic E-state index is 11.4. The summed E-state index contributed by atoms with van der Waals surface area (Å²) in [6, 6.07) is 7.16.